The Labute approximate surface area is 117 Å². The molecule has 1 aliphatic rings. The molecule has 0 heterocycles. The van der Waals surface area contributed by atoms with E-state index in [2.05, 4.69) is 5.32 Å². The highest BCUT2D eigenvalue weighted by Crippen LogP contribution is 2.30. The van der Waals surface area contributed by atoms with Crippen LogP contribution in [0.1, 0.15) is 51.9 Å². The lowest BCUT2D eigenvalue weighted by atomic mass is 9.79. The van der Waals surface area contributed by atoms with Crippen LogP contribution >= 0.6 is 0 Å². The Bertz CT molecular complexity index is 307. The number of carboxylic acids is 1. The van der Waals surface area contributed by atoms with E-state index in [0.29, 0.717) is 19.4 Å². The van der Waals surface area contributed by atoms with Crippen molar-refractivity contribution in [2.45, 2.75) is 64.1 Å². The molecule has 3 atom stereocenters. The molecule has 3 nitrogen and oxygen atoms in total. The lowest BCUT2D eigenvalue weighted by Gasteiger charge is -2.29. The molecular formula is C14H24F3NO2. The predicted molar refractivity (Wildman–Crippen MR) is 70.5 cm³/mol. The third kappa shape index (κ3) is 6.59. The number of rotatable bonds is 7. The largest absolute Gasteiger partial charge is 0.481 e. The summed E-state index contributed by atoms with van der Waals surface area (Å²) in [5.74, 6) is -0.953. The fourth-order valence-corrected chi connectivity index (χ4v) is 2.84. The number of hydrogen-bond acceptors (Lipinski definition) is 2. The molecular weight excluding hydrogens is 271 g/mol. The molecule has 1 aliphatic carbocycles. The Morgan fingerprint density at radius 1 is 1.35 bits per heavy atom. The van der Waals surface area contributed by atoms with Crippen molar-refractivity contribution in [1.29, 1.82) is 0 Å². The molecule has 118 valence electrons. The SMILES string of the molecule is CC(CCCC(F)(F)F)NCC1CCCCC1C(=O)O. The van der Waals surface area contributed by atoms with Crippen LogP contribution in [0, 0.1) is 11.8 Å². The molecule has 0 aliphatic heterocycles. The van der Waals surface area contributed by atoms with E-state index in [1.807, 2.05) is 6.92 Å². The minimum Gasteiger partial charge on any atom is -0.481 e. The molecule has 3 unspecified atom stereocenters. The van der Waals surface area contributed by atoms with Crippen molar-refractivity contribution in [2.75, 3.05) is 6.54 Å². The molecule has 0 radical (unpaired) electrons. The van der Waals surface area contributed by atoms with Crippen LogP contribution in [0.3, 0.4) is 0 Å². The van der Waals surface area contributed by atoms with Gasteiger partial charge in [-0.15, -0.1) is 0 Å². The Balaban J connectivity index is 2.25. The summed E-state index contributed by atoms with van der Waals surface area (Å²) in [7, 11) is 0. The van der Waals surface area contributed by atoms with Gasteiger partial charge in [0.2, 0.25) is 0 Å². The highest BCUT2D eigenvalue weighted by molar-refractivity contribution is 5.70. The summed E-state index contributed by atoms with van der Waals surface area (Å²) in [6.07, 6.45) is -0.664. The molecule has 0 amide bonds. The van der Waals surface area contributed by atoms with Crippen LogP contribution < -0.4 is 5.32 Å². The zero-order chi connectivity index (χ0) is 15.2. The summed E-state index contributed by atoms with van der Waals surface area (Å²) in [4.78, 5) is 11.1. The van der Waals surface area contributed by atoms with Crippen molar-refractivity contribution in [3.8, 4) is 0 Å². The van der Waals surface area contributed by atoms with Gasteiger partial charge in [0.25, 0.3) is 0 Å². The molecule has 20 heavy (non-hydrogen) atoms. The molecule has 2 N–H and O–H groups in total. The molecule has 0 spiro atoms. The summed E-state index contributed by atoms with van der Waals surface area (Å²) < 4.78 is 36.1. The predicted octanol–water partition coefficient (Wildman–Crippen LogP) is 3.59. The van der Waals surface area contributed by atoms with Gasteiger partial charge in [-0.25, -0.2) is 0 Å². The monoisotopic (exact) mass is 295 g/mol. The molecule has 0 saturated heterocycles. The van der Waals surface area contributed by atoms with Crippen LogP contribution in [-0.4, -0.2) is 29.8 Å². The molecule has 1 saturated carbocycles. The summed E-state index contributed by atoms with van der Waals surface area (Å²) in [5.41, 5.74) is 0. The van der Waals surface area contributed by atoms with E-state index in [9.17, 15) is 18.0 Å². The van der Waals surface area contributed by atoms with Gasteiger partial charge in [-0.2, -0.15) is 13.2 Å². The highest BCUT2D eigenvalue weighted by atomic mass is 19.4. The standard InChI is InChI=1S/C14H24F3NO2/c1-10(5-4-8-14(15,16)17)18-9-11-6-2-3-7-12(11)13(19)20/h10-12,18H,2-9H2,1H3,(H,19,20). The van der Waals surface area contributed by atoms with Crippen molar-refractivity contribution >= 4 is 5.97 Å². The van der Waals surface area contributed by atoms with Crippen LogP contribution in [-0.2, 0) is 4.79 Å². The van der Waals surface area contributed by atoms with E-state index in [1.165, 1.54) is 0 Å². The van der Waals surface area contributed by atoms with Gasteiger partial charge in [0.05, 0.1) is 5.92 Å². The van der Waals surface area contributed by atoms with Gasteiger partial charge < -0.3 is 10.4 Å². The topological polar surface area (TPSA) is 49.3 Å². The number of nitrogens with one attached hydrogen (secondary N) is 1. The Hall–Kier alpha value is -0.780. The number of halogens is 3. The number of carbonyl (C=O) groups is 1. The Kier molecular flexibility index (Phi) is 6.79. The van der Waals surface area contributed by atoms with E-state index < -0.39 is 18.6 Å². The normalized spacial score (nSPS) is 25.4. The zero-order valence-corrected chi connectivity index (χ0v) is 11.9. The van der Waals surface area contributed by atoms with Gasteiger partial charge in [0.1, 0.15) is 0 Å². The Morgan fingerprint density at radius 3 is 2.60 bits per heavy atom. The Morgan fingerprint density at radius 2 is 2.00 bits per heavy atom. The zero-order valence-electron chi connectivity index (χ0n) is 11.9. The van der Waals surface area contributed by atoms with Crippen molar-refractivity contribution in [3.05, 3.63) is 0 Å². The van der Waals surface area contributed by atoms with Crippen molar-refractivity contribution in [2.24, 2.45) is 11.8 Å². The third-order valence-corrected chi connectivity index (χ3v) is 4.05. The van der Waals surface area contributed by atoms with Gasteiger partial charge in [0, 0.05) is 12.5 Å². The van der Waals surface area contributed by atoms with Crippen LogP contribution in [0.4, 0.5) is 13.2 Å². The summed E-state index contributed by atoms with van der Waals surface area (Å²) in [5, 5.41) is 12.3. The number of carboxylic acid groups (broad SMARTS) is 1. The second kappa shape index (κ2) is 7.86. The third-order valence-electron chi connectivity index (χ3n) is 4.05. The van der Waals surface area contributed by atoms with Crippen LogP contribution in [0.15, 0.2) is 0 Å². The maximum atomic E-state index is 12.0. The van der Waals surface area contributed by atoms with E-state index in [4.69, 9.17) is 5.11 Å². The summed E-state index contributed by atoms with van der Waals surface area (Å²) in [6.45, 7) is 2.44. The lowest BCUT2D eigenvalue weighted by molar-refractivity contribution is -0.145. The fourth-order valence-electron chi connectivity index (χ4n) is 2.84. The first-order valence-electron chi connectivity index (χ1n) is 7.32. The molecule has 0 aromatic carbocycles. The van der Waals surface area contributed by atoms with Crippen LogP contribution in [0.2, 0.25) is 0 Å². The minimum absolute atomic E-state index is 0.00581. The number of aliphatic carboxylic acids is 1. The molecule has 0 aromatic rings. The molecule has 0 aromatic heterocycles. The molecule has 6 heteroatoms. The second-order valence-corrected chi connectivity index (χ2v) is 5.81. The first-order valence-corrected chi connectivity index (χ1v) is 7.32. The smallest absolute Gasteiger partial charge is 0.389 e. The quantitative estimate of drug-likeness (QED) is 0.754. The summed E-state index contributed by atoms with van der Waals surface area (Å²) in [6, 6.07) is -0.00581. The van der Waals surface area contributed by atoms with E-state index in [0.717, 1.165) is 19.3 Å². The highest BCUT2D eigenvalue weighted by Gasteiger charge is 2.31. The van der Waals surface area contributed by atoms with Gasteiger partial charge in [-0.1, -0.05) is 12.8 Å². The van der Waals surface area contributed by atoms with Gasteiger partial charge in [-0.3, -0.25) is 4.79 Å². The van der Waals surface area contributed by atoms with Crippen LogP contribution in [0.25, 0.3) is 0 Å². The average molecular weight is 295 g/mol. The van der Waals surface area contributed by atoms with Gasteiger partial charge in [0.15, 0.2) is 0 Å². The van der Waals surface area contributed by atoms with Crippen molar-refractivity contribution < 1.29 is 23.1 Å². The first-order chi connectivity index (χ1) is 9.29. The molecule has 1 fully saturated rings. The lowest BCUT2D eigenvalue weighted by Crippen LogP contribution is -2.38. The maximum absolute atomic E-state index is 12.0. The van der Waals surface area contributed by atoms with Crippen LogP contribution in [0.5, 0.6) is 0 Å². The fraction of sp³-hybridized carbons (Fsp3) is 0.929. The minimum atomic E-state index is -4.09. The van der Waals surface area contributed by atoms with Gasteiger partial charge >= 0.3 is 12.1 Å². The first kappa shape index (κ1) is 17.3. The number of hydrogen-bond donors (Lipinski definition) is 2. The maximum Gasteiger partial charge on any atom is 0.389 e. The van der Waals surface area contributed by atoms with E-state index >= 15 is 0 Å². The molecule has 1 rings (SSSR count). The molecule has 0 bridgehead atoms. The van der Waals surface area contributed by atoms with E-state index in [1.54, 1.807) is 0 Å². The van der Waals surface area contributed by atoms with Gasteiger partial charge in [-0.05, 0) is 45.1 Å². The van der Waals surface area contributed by atoms with E-state index in [-0.39, 0.29) is 24.3 Å². The van der Waals surface area contributed by atoms with Crippen molar-refractivity contribution in [1.82, 2.24) is 5.32 Å². The number of alkyl halides is 3. The van der Waals surface area contributed by atoms with Crippen molar-refractivity contribution in [3.63, 3.8) is 0 Å². The second-order valence-electron chi connectivity index (χ2n) is 5.81. The summed E-state index contributed by atoms with van der Waals surface area (Å²) >= 11 is 0. The average Bonchev–Trinajstić information content (AvgIpc) is 2.35.